The maximum Gasteiger partial charge on any atom is 0.418 e. The normalized spacial score (nSPS) is 15.7. The van der Waals surface area contributed by atoms with Crippen LogP contribution in [0.15, 0.2) is 23.2 Å². The van der Waals surface area contributed by atoms with Gasteiger partial charge in [0.05, 0.1) is 11.3 Å². The Labute approximate surface area is 110 Å². The van der Waals surface area contributed by atoms with Crippen molar-refractivity contribution >= 4 is 40.4 Å². The third-order valence-corrected chi connectivity index (χ3v) is 2.91. The minimum Gasteiger partial charge on any atom is -0.292 e. The number of aliphatic imine (C=N–C) groups is 1. The lowest BCUT2D eigenvalue weighted by Crippen LogP contribution is -2.26. The molecule has 2 rings (SSSR count). The van der Waals surface area contributed by atoms with Crippen LogP contribution in [0, 0.1) is 0 Å². The smallest absolute Gasteiger partial charge is 0.292 e. The Hall–Kier alpha value is -1.07. The predicted molar refractivity (Wildman–Crippen MR) is 62.7 cm³/mol. The van der Waals surface area contributed by atoms with Gasteiger partial charge in [-0.3, -0.25) is 4.79 Å². The van der Waals surface area contributed by atoms with Crippen molar-refractivity contribution in [2.24, 2.45) is 4.99 Å². The van der Waals surface area contributed by atoms with E-state index in [2.05, 4.69) is 4.99 Å². The van der Waals surface area contributed by atoms with Crippen LogP contribution in [-0.4, -0.2) is 16.3 Å². The average molecular weight is 296 g/mol. The number of Topliss-reactive ketones (excluding diaryl/α,β-unsaturated/α-hetero) is 1. The summed E-state index contributed by atoms with van der Waals surface area (Å²) in [5, 5.41) is 0. The maximum atomic E-state index is 12.8. The topological polar surface area (TPSA) is 29.4 Å². The lowest BCUT2D eigenvalue weighted by molar-refractivity contribution is -0.137. The van der Waals surface area contributed by atoms with Crippen molar-refractivity contribution in [2.75, 3.05) is 0 Å². The van der Waals surface area contributed by atoms with E-state index in [4.69, 9.17) is 23.2 Å². The third kappa shape index (κ3) is 2.37. The molecule has 0 atom stereocenters. The van der Waals surface area contributed by atoms with E-state index in [1.807, 2.05) is 0 Å². The van der Waals surface area contributed by atoms with Crippen molar-refractivity contribution in [1.82, 2.24) is 0 Å². The first-order valence-corrected chi connectivity index (χ1v) is 5.77. The van der Waals surface area contributed by atoms with Crippen molar-refractivity contribution in [3.05, 3.63) is 29.3 Å². The predicted octanol–water partition coefficient (Wildman–Crippen LogP) is 3.71. The largest absolute Gasteiger partial charge is 0.418 e. The summed E-state index contributed by atoms with van der Waals surface area (Å²) in [4.78, 5) is 14.0. The van der Waals surface area contributed by atoms with Gasteiger partial charge < -0.3 is 0 Å². The molecule has 0 radical (unpaired) electrons. The van der Waals surface area contributed by atoms with Crippen molar-refractivity contribution in [3.63, 3.8) is 0 Å². The Morgan fingerprint density at radius 2 is 1.94 bits per heavy atom. The van der Waals surface area contributed by atoms with Gasteiger partial charge in [0.1, 0.15) is 5.71 Å². The van der Waals surface area contributed by atoms with Gasteiger partial charge in [-0.05, 0) is 11.6 Å². The Balaban J connectivity index is 2.63. The minimum absolute atomic E-state index is 0.173. The second-order valence-corrected chi connectivity index (χ2v) is 4.81. The Morgan fingerprint density at radius 3 is 2.50 bits per heavy atom. The van der Waals surface area contributed by atoms with Crippen LogP contribution in [0.5, 0.6) is 0 Å². The number of hydrogen-bond acceptors (Lipinski definition) is 2. The van der Waals surface area contributed by atoms with Crippen molar-refractivity contribution in [1.29, 1.82) is 0 Å². The van der Waals surface area contributed by atoms with Crippen LogP contribution in [-0.2, 0) is 17.4 Å². The van der Waals surface area contributed by atoms with Crippen molar-refractivity contribution < 1.29 is 18.0 Å². The van der Waals surface area contributed by atoms with Gasteiger partial charge >= 0.3 is 6.18 Å². The molecule has 0 saturated carbocycles. The molecule has 7 heteroatoms. The molecule has 0 unspecified atom stereocenters. The number of benzene rings is 1. The van der Waals surface area contributed by atoms with Gasteiger partial charge in [0.15, 0.2) is 10.6 Å². The molecule has 2 nitrogen and oxygen atoms in total. The van der Waals surface area contributed by atoms with Crippen LogP contribution in [0.2, 0.25) is 0 Å². The summed E-state index contributed by atoms with van der Waals surface area (Å²) in [5.74, 6) is -0.461. The first-order chi connectivity index (χ1) is 8.30. The zero-order valence-electron chi connectivity index (χ0n) is 8.76. The number of carbonyl (C=O) groups excluding carboxylic acids is 1. The van der Waals surface area contributed by atoms with E-state index in [-0.39, 0.29) is 23.4 Å². The van der Waals surface area contributed by atoms with Crippen LogP contribution in [0.1, 0.15) is 11.1 Å². The molecule has 1 aromatic carbocycles. The molecule has 0 bridgehead atoms. The van der Waals surface area contributed by atoms with E-state index in [0.29, 0.717) is 0 Å². The molecule has 0 aromatic heterocycles. The quantitative estimate of drug-likeness (QED) is 0.726. The molecule has 0 saturated heterocycles. The highest BCUT2D eigenvalue weighted by atomic mass is 35.5. The van der Waals surface area contributed by atoms with Gasteiger partial charge in [0.25, 0.3) is 0 Å². The Bertz CT molecular complexity index is 538. The molecule has 0 fully saturated rings. The molecule has 0 amide bonds. The number of ketones is 1. The van der Waals surface area contributed by atoms with Crippen LogP contribution in [0.4, 0.5) is 18.9 Å². The minimum atomic E-state index is -4.53. The Kier molecular flexibility index (Phi) is 3.38. The first-order valence-electron chi connectivity index (χ1n) is 4.89. The molecule has 1 aliphatic heterocycles. The molecule has 1 aliphatic rings. The number of fused-ring (bicyclic) bond motifs is 1. The van der Waals surface area contributed by atoms with Gasteiger partial charge in [-0.2, -0.15) is 13.2 Å². The van der Waals surface area contributed by atoms with Crippen LogP contribution < -0.4 is 0 Å². The number of halogens is 5. The standard InChI is InChI=1S/C11H6Cl2F3NO/c12-10(13)9-7(18)4-5-2-1-3-6(8(5)17-9)11(14,15)16/h1-3,10H,4H2. The average Bonchev–Trinajstić information content (AvgIpc) is 2.25. The second-order valence-electron chi connectivity index (χ2n) is 3.71. The zero-order valence-corrected chi connectivity index (χ0v) is 10.3. The number of para-hydroxylation sites is 1. The van der Waals surface area contributed by atoms with E-state index in [1.54, 1.807) is 0 Å². The zero-order chi connectivity index (χ0) is 13.5. The van der Waals surface area contributed by atoms with Crippen molar-refractivity contribution in [3.8, 4) is 0 Å². The van der Waals surface area contributed by atoms with Gasteiger partial charge in [0.2, 0.25) is 0 Å². The van der Waals surface area contributed by atoms with Gasteiger partial charge in [-0.15, -0.1) is 0 Å². The van der Waals surface area contributed by atoms with Crippen LogP contribution in [0.3, 0.4) is 0 Å². The van der Waals surface area contributed by atoms with Gasteiger partial charge in [-0.25, -0.2) is 4.99 Å². The summed E-state index contributed by atoms with van der Waals surface area (Å²) >= 11 is 11.0. The molecule has 0 N–H and O–H groups in total. The summed E-state index contributed by atoms with van der Waals surface area (Å²) in [6.45, 7) is 0. The second kappa shape index (κ2) is 4.55. The summed E-state index contributed by atoms with van der Waals surface area (Å²) in [5.41, 5.74) is -1.18. The van der Waals surface area contributed by atoms with Crippen LogP contribution >= 0.6 is 23.2 Å². The highest BCUT2D eigenvalue weighted by Crippen LogP contribution is 2.40. The number of nitrogens with zero attached hydrogens (tertiary/aromatic N) is 1. The molecule has 0 spiro atoms. The number of rotatable bonds is 1. The van der Waals surface area contributed by atoms with E-state index in [9.17, 15) is 18.0 Å². The number of carbonyl (C=O) groups is 1. The number of alkyl halides is 5. The van der Waals surface area contributed by atoms with E-state index >= 15 is 0 Å². The highest BCUT2D eigenvalue weighted by Gasteiger charge is 2.36. The molecule has 1 aromatic rings. The fraction of sp³-hybridized carbons (Fsp3) is 0.273. The molecule has 96 valence electrons. The highest BCUT2D eigenvalue weighted by molar-refractivity contribution is 6.65. The SMILES string of the molecule is O=C1Cc2cccc(C(F)(F)F)c2N=C1C(Cl)Cl. The fourth-order valence-corrected chi connectivity index (χ4v) is 2.05. The van der Waals surface area contributed by atoms with Gasteiger partial charge in [0, 0.05) is 6.42 Å². The van der Waals surface area contributed by atoms with E-state index < -0.39 is 22.4 Å². The summed E-state index contributed by atoms with van der Waals surface area (Å²) in [6, 6.07) is 3.59. The molecule has 0 aliphatic carbocycles. The lowest BCUT2D eigenvalue weighted by atomic mass is 9.97. The van der Waals surface area contributed by atoms with Crippen molar-refractivity contribution in [2.45, 2.75) is 17.4 Å². The molecule has 18 heavy (non-hydrogen) atoms. The summed E-state index contributed by atoms with van der Waals surface area (Å²) < 4.78 is 38.3. The fourth-order valence-electron chi connectivity index (χ4n) is 1.71. The van der Waals surface area contributed by atoms with Gasteiger partial charge in [-0.1, -0.05) is 35.3 Å². The first kappa shape index (κ1) is 13.4. The lowest BCUT2D eigenvalue weighted by Gasteiger charge is -2.19. The molecular weight excluding hydrogens is 290 g/mol. The van der Waals surface area contributed by atoms with E-state index in [0.717, 1.165) is 6.07 Å². The maximum absolute atomic E-state index is 12.8. The summed E-state index contributed by atoms with van der Waals surface area (Å²) in [7, 11) is 0. The van der Waals surface area contributed by atoms with Crippen LogP contribution in [0.25, 0.3) is 0 Å². The monoisotopic (exact) mass is 295 g/mol. The third-order valence-electron chi connectivity index (χ3n) is 2.50. The summed E-state index contributed by atoms with van der Waals surface area (Å²) in [6.07, 6.45) is -4.71. The number of hydrogen-bond donors (Lipinski definition) is 0. The molecule has 1 heterocycles. The van der Waals surface area contributed by atoms with E-state index in [1.165, 1.54) is 12.1 Å². The molecular formula is C11H6Cl2F3NO. The Morgan fingerprint density at radius 1 is 1.28 bits per heavy atom.